The fraction of sp³-hybridized carbons (Fsp3) is 0.333. The Morgan fingerprint density at radius 2 is 1.44 bits per heavy atom. The third-order valence-electron chi connectivity index (χ3n) is 4.22. The van der Waals surface area contributed by atoms with Crippen LogP contribution in [0.25, 0.3) is 0 Å². The summed E-state index contributed by atoms with van der Waals surface area (Å²) in [5.74, 6) is -0.486. The van der Waals surface area contributed by atoms with Crippen LogP contribution >= 0.6 is 0 Å². The number of rotatable bonds is 6. The molecule has 0 fully saturated rings. The van der Waals surface area contributed by atoms with E-state index in [0.717, 1.165) is 19.3 Å². The van der Waals surface area contributed by atoms with E-state index in [1.54, 1.807) is 36.4 Å². The van der Waals surface area contributed by atoms with Crippen molar-refractivity contribution >= 4 is 11.8 Å². The quantitative estimate of drug-likeness (QED) is 0.792. The minimum atomic E-state index is -0.493. The third-order valence-corrected chi connectivity index (χ3v) is 4.22. The van der Waals surface area contributed by atoms with E-state index in [9.17, 15) is 9.59 Å². The van der Waals surface area contributed by atoms with Crippen molar-refractivity contribution in [3.8, 4) is 0 Å². The predicted octanol–water partition coefficient (Wildman–Crippen LogP) is 4.44. The molecule has 25 heavy (non-hydrogen) atoms. The molecular formula is C21H26N2O2. The molecule has 1 N–H and O–H groups in total. The Kier molecular flexibility index (Phi) is 6.34. The highest BCUT2D eigenvalue weighted by Gasteiger charge is 2.33. The molecule has 0 unspecified atom stereocenters. The lowest BCUT2D eigenvalue weighted by atomic mass is 9.95. The molecule has 0 atom stereocenters. The maximum absolute atomic E-state index is 13.0. The van der Waals surface area contributed by atoms with Crippen LogP contribution in [0.5, 0.6) is 0 Å². The number of amides is 2. The van der Waals surface area contributed by atoms with Crippen molar-refractivity contribution in [1.82, 2.24) is 10.4 Å². The summed E-state index contributed by atoms with van der Waals surface area (Å²) in [6.45, 7) is 6.07. The van der Waals surface area contributed by atoms with Crippen molar-refractivity contribution in [2.24, 2.45) is 0 Å². The van der Waals surface area contributed by atoms with Crippen molar-refractivity contribution in [3.05, 3.63) is 71.8 Å². The van der Waals surface area contributed by atoms with Gasteiger partial charge in [-0.3, -0.25) is 15.0 Å². The standard InChI is InChI=1S/C21H26N2O2/c1-4-5-16-21(2,3)23(20(25)18-14-10-7-11-15-18)22-19(24)17-12-8-6-9-13-17/h6-15H,4-5,16H2,1-3H3,(H,22,24). The first-order valence-electron chi connectivity index (χ1n) is 8.71. The normalized spacial score (nSPS) is 11.0. The van der Waals surface area contributed by atoms with Gasteiger partial charge in [-0.05, 0) is 44.5 Å². The number of carbonyl (C=O) groups is 2. The van der Waals surface area contributed by atoms with E-state index in [1.165, 1.54) is 5.01 Å². The van der Waals surface area contributed by atoms with Gasteiger partial charge in [-0.15, -0.1) is 0 Å². The second-order valence-electron chi connectivity index (χ2n) is 6.73. The summed E-state index contributed by atoms with van der Waals surface area (Å²) in [6.07, 6.45) is 2.81. The van der Waals surface area contributed by atoms with E-state index in [2.05, 4.69) is 12.3 Å². The Hall–Kier alpha value is -2.62. The lowest BCUT2D eigenvalue weighted by Gasteiger charge is -2.38. The van der Waals surface area contributed by atoms with Gasteiger partial charge >= 0.3 is 0 Å². The van der Waals surface area contributed by atoms with Gasteiger partial charge in [0.1, 0.15) is 0 Å². The molecule has 2 aromatic rings. The average Bonchev–Trinajstić information content (AvgIpc) is 2.65. The summed E-state index contributed by atoms with van der Waals surface area (Å²) in [4.78, 5) is 25.6. The van der Waals surface area contributed by atoms with Crippen molar-refractivity contribution in [2.45, 2.75) is 45.6 Å². The van der Waals surface area contributed by atoms with Crippen molar-refractivity contribution in [1.29, 1.82) is 0 Å². The zero-order chi connectivity index (χ0) is 18.3. The van der Waals surface area contributed by atoms with Gasteiger partial charge in [-0.1, -0.05) is 56.2 Å². The van der Waals surface area contributed by atoms with Gasteiger partial charge in [0.15, 0.2) is 0 Å². The van der Waals surface area contributed by atoms with E-state index in [-0.39, 0.29) is 11.8 Å². The van der Waals surface area contributed by atoms with Gasteiger partial charge in [-0.2, -0.15) is 0 Å². The number of nitrogens with one attached hydrogen (secondary N) is 1. The second kappa shape index (κ2) is 8.47. The van der Waals surface area contributed by atoms with Gasteiger partial charge in [0, 0.05) is 11.1 Å². The summed E-state index contributed by atoms with van der Waals surface area (Å²) in [6, 6.07) is 18.0. The van der Waals surface area contributed by atoms with Crippen LogP contribution in [0, 0.1) is 0 Å². The number of carbonyl (C=O) groups excluding carboxylic acids is 2. The number of hydrogen-bond acceptors (Lipinski definition) is 2. The molecular weight excluding hydrogens is 312 g/mol. The predicted molar refractivity (Wildman–Crippen MR) is 100 cm³/mol. The molecule has 0 bridgehead atoms. The zero-order valence-electron chi connectivity index (χ0n) is 15.2. The first-order valence-corrected chi connectivity index (χ1v) is 8.71. The van der Waals surface area contributed by atoms with Crippen LogP contribution in [0.4, 0.5) is 0 Å². The highest BCUT2D eigenvalue weighted by Crippen LogP contribution is 2.22. The molecule has 0 heterocycles. The minimum Gasteiger partial charge on any atom is -0.267 e. The monoisotopic (exact) mass is 338 g/mol. The molecule has 4 nitrogen and oxygen atoms in total. The lowest BCUT2D eigenvalue weighted by molar-refractivity contribution is 0.0290. The first-order chi connectivity index (χ1) is 12.0. The molecule has 4 heteroatoms. The van der Waals surface area contributed by atoms with Crippen molar-refractivity contribution < 1.29 is 9.59 Å². The van der Waals surface area contributed by atoms with Crippen LogP contribution in [0.2, 0.25) is 0 Å². The molecule has 2 amide bonds. The van der Waals surface area contributed by atoms with Gasteiger partial charge in [0.05, 0.1) is 5.54 Å². The van der Waals surface area contributed by atoms with Crippen LogP contribution in [0.1, 0.15) is 60.7 Å². The fourth-order valence-corrected chi connectivity index (χ4v) is 2.66. The number of unbranched alkanes of at least 4 members (excludes halogenated alkanes) is 1. The van der Waals surface area contributed by atoms with E-state index in [4.69, 9.17) is 0 Å². The molecule has 0 saturated heterocycles. The first kappa shape index (κ1) is 18.7. The smallest absolute Gasteiger partial charge is 0.267 e. The molecule has 0 aliphatic carbocycles. The van der Waals surface area contributed by atoms with Crippen LogP contribution < -0.4 is 5.43 Å². The summed E-state index contributed by atoms with van der Waals surface area (Å²) < 4.78 is 0. The topological polar surface area (TPSA) is 49.4 Å². The average molecular weight is 338 g/mol. The number of hydrogen-bond donors (Lipinski definition) is 1. The minimum absolute atomic E-state index is 0.203. The van der Waals surface area contributed by atoms with Crippen LogP contribution in [-0.4, -0.2) is 22.4 Å². The number of nitrogens with zero attached hydrogens (tertiary/aromatic N) is 1. The van der Waals surface area contributed by atoms with Crippen molar-refractivity contribution in [2.75, 3.05) is 0 Å². The van der Waals surface area contributed by atoms with Crippen LogP contribution in [-0.2, 0) is 0 Å². The molecule has 0 aromatic heterocycles. The molecule has 2 rings (SSSR count). The summed E-state index contributed by atoms with van der Waals surface area (Å²) in [5.41, 5.74) is 3.42. The van der Waals surface area contributed by atoms with Gasteiger partial charge in [0.2, 0.25) is 0 Å². The Morgan fingerprint density at radius 3 is 1.96 bits per heavy atom. The van der Waals surface area contributed by atoms with Gasteiger partial charge in [-0.25, -0.2) is 5.01 Å². The third kappa shape index (κ3) is 4.92. The van der Waals surface area contributed by atoms with Gasteiger partial charge in [0.25, 0.3) is 11.8 Å². The molecule has 0 aliphatic rings. The molecule has 0 spiro atoms. The maximum Gasteiger partial charge on any atom is 0.272 e. The highest BCUT2D eigenvalue weighted by atomic mass is 16.2. The summed E-state index contributed by atoms with van der Waals surface area (Å²) >= 11 is 0. The zero-order valence-corrected chi connectivity index (χ0v) is 15.2. The van der Waals surface area contributed by atoms with E-state index in [0.29, 0.717) is 11.1 Å². The Labute approximate surface area is 149 Å². The summed E-state index contributed by atoms with van der Waals surface area (Å²) in [7, 11) is 0. The van der Waals surface area contributed by atoms with E-state index >= 15 is 0 Å². The van der Waals surface area contributed by atoms with Crippen LogP contribution in [0.15, 0.2) is 60.7 Å². The number of benzene rings is 2. The number of hydrazine groups is 1. The molecule has 0 saturated carbocycles. The van der Waals surface area contributed by atoms with Gasteiger partial charge < -0.3 is 0 Å². The van der Waals surface area contributed by atoms with E-state index in [1.807, 2.05) is 38.1 Å². The Morgan fingerprint density at radius 1 is 0.920 bits per heavy atom. The van der Waals surface area contributed by atoms with E-state index < -0.39 is 5.54 Å². The maximum atomic E-state index is 13.0. The summed E-state index contributed by atoms with van der Waals surface area (Å²) in [5, 5.41) is 1.48. The molecule has 0 aliphatic heterocycles. The van der Waals surface area contributed by atoms with Crippen LogP contribution in [0.3, 0.4) is 0 Å². The Bertz CT molecular complexity index is 696. The molecule has 0 radical (unpaired) electrons. The molecule has 2 aromatic carbocycles. The second-order valence-corrected chi connectivity index (χ2v) is 6.73. The van der Waals surface area contributed by atoms with Crippen molar-refractivity contribution in [3.63, 3.8) is 0 Å². The Balaban J connectivity index is 2.28. The fourth-order valence-electron chi connectivity index (χ4n) is 2.66. The highest BCUT2D eigenvalue weighted by molar-refractivity contribution is 5.99. The SMILES string of the molecule is CCCCC(C)(C)N(NC(=O)c1ccccc1)C(=O)c1ccccc1. The molecule has 132 valence electrons. The lowest BCUT2D eigenvalue weighted by Crippen LogP contribution is -2.57. The largest absolute Gasteiger partial charge is 0.272 e.